The van der Waals surface area contributed by atoms with E-state index in [0.29, 0.717) is 5.01 Å². The van der Waals surface area contributed by atoms with Gasteiger partial charge in [0.2, 0.25) is 0 Å². The van der Waals surface area contributed by atoms with E-state index < -0.39 is 23.1 Å². The van der Waals surface area contributed by atoms with Gasteiger partial charge in [0.05, 0.1) is 28.1 Å². The highest BCUT2D eigenvalue weighted by atomic mass is 32.1. The van der Waals surface area contributed by atoms with E-state index in [9.17, 15) is 13.6 Å². The Kier molecular flexibility index (Phi) is 5.92. The molecule has 0 fully saturated rings. The Morgan fingerprint density at radius 3 is 2.58 bits per heavy atom. The zero-order valence-electron chi connectivity index (χ0n) is 16.1. The molecule has 0 radical (unpaired) electrons. The Morgan fingerprint density at radius 1 is 1.16 bits per heavy atom. The van der Waals surface area contributed by atoms with Crippen LogP contribution in [0.15, 0.2) is 48.1 Å². The largest absolute Gasteiger partial charge is 0.497 e. The van der Waals surface area contributed by atoms with Crippen molar-refractivity contribution in [2.24, 2.45) is 5.73 Å². The number of aromatic nitrogens is 2. The lowest BCUT2D eigenvalue weighted by Gasteiger charge is -2.08. The van der Waals surface area contributed by atoms with Gasteiger partial charge < -0.3 is 15.2 Å². The lowest BCUT2D eigenvalue weighted by molar-refractivity contribution is 0.0991. The van der Waals surface area contributed by atoms with E-state index in [4.69, 9.17) is 15.2 Å². The van der Waals surface area contributed by atoms with E-state index >= 15 is 0 Å². The molecule has 1 amide bonds. The van der Waals surface area contributed by atoms with Crippen molar-refractivity contribution < 1.29 is 23.0 Å². The summed E-state index contributed by atoms with van der Waals surface area (Å²) >= 11 is 2.85. The molecule has 0 saturated heterocycles. The Labute approximate surface area is 183 Å². The predicted octanol–water partition coefficient (Wildman–Crippen LogP) is 4.90. The summed E-state index contributed by atoms with van der Waals surface area (Å²) in [7, 11) is 1.59. The van der Waals surface area contributed by atoms with E-state index in [1.165, 1.54) is 22.7 Å². The number of primary amides is 1. The number of rotatable bonds is 7. The first-order valence-corrected chi connectivity index (χ1v) is 10.6. The molecule has 2 aromatic carbocycles. The molecule has 0 unspecified atom stereocenters. The van der Waals surface area contributed by atoms with Gasteiger partial charge in [0.1, 0.15) is 28.7 Å². The lowest BCUT2D eigenvalue weighted by atomic mass is 10.1. The summed E-state index contributed by atoms with van der Waals surface area (Å²) in [5.74, 6) is -2.94. The van der Waals surface area contributed by atoms with Gasteiger partial charge in [0, 0.05) is 11.8 Å². The standard InChI is InChI=1S/C21H15F2N3O3S2/c1-28-12-4-2-11(3-5-12)19-20(15-8-25-10-30-15)31-16(26-19)9-29-14-7-6-13(22)17(18(14)23)21(24)27/h2-8,10H,9H2,1H3,(H2,24,27). The fourth-order valence-corrected chi connectivity index (χ4v) is 4.61. The van der Waals surface area contributed by atoms with Crippen LogP contribution in [0.25, 0.3) is 21.0 Å². The zero-order valence-corrected chi connectivity index (χ0v) is 17.7. The Bertz CT molecular complexity index is 1230. The van der Waals surface area contributed by atoms with Crippen molar-refractivity contribution in [2.75, 3.05) is 7.11 Å². The molecule has 2 aromatic heterocycles. The Balaban J connectivity index is 1.66. The number of halogens is 2. The fourth-order valence-electron chi connectivity index (χ4n) is 2.88. The minimum atomic E-state index is -1.20. The van der Waals surface area contributed by atoms with Crippen LogP contribution in [0.4, 0.5) is 8.78 Å². The van der Waals surface area contributed by atoms with Crippen molar-refractivity contribution in [1.82, 2.24) is 9.97 Å². The van der Waals surface area contributed by atoms with Gasteiger partial charge in [-0.25, -0.2) is 13.8 Å². The van der Waals surface area contributed by atoms with Crippen molar-refractivity contribution in [3.05, 3.63) is 70.3 Å². The molecule has 31 heavy (non-hydrogen) atoms. The number of carbonyl (C=O) groups is 1. The number of amides is 1. The maximum absolute atomic E-state index is 14.4. The first kappa shape index (κ1) is 20.9. The van der Waals surface area contributed by atoms with Crippen LogP contribution in [0, 0.1) is 11.6 Å². The molecule has 4 rings (SSSR count). The third-order valence-corrected chi connectivity index (χ3v) is 6.33. The van der Waals surface area contributed by atoms with Crippen molar-refractivity contribution in [3.63, 3.8) is 0 Å². The van der Waals surface area contributed by atoms with E-state index in [1.807, 2.05) is 24.3 Å². The summed E-state index contributed by atoms with van der Waals surface area (Å²) in [5.41, 5.74) is 7.55. The first-order valence-electron chi connectivity index (χ1n) is 8.91. The van der Waals surface area contributed by atoms with Gasteiger partial charge >= 0.3 is 0 Å². The van der Waals surface area contributed by atoms with E-state index in [-0.39, 0.29) is 12.4 Å². The minimum absolute atomic E-state index is 0.0760. The van der Waals surface area contributed by atoms with Gasteiger partial charge in [-0.3, -0.25) is 9.78 Å². The maximum atomic E-state index is 14.4. The van der Waals surface area contributed by atoms with Crippen LogP contribution in [0.5, 0.6) is 11.5 Å². The summed E-state index contributed by atoms with van der Waals surface area (Å²) in [6.07, 6.45) is 1.74. The minimum Gasteiger partial charge on any atom is -0.497 e. The van der Waals surface area contributed by atoms with Gasteiger partial charge in [-0.1, -0.05) is 0 Å². The van der Waals surface area contributed by atoms with Crippen molar-refractivity contribution in [2.45, 2.75) is 6.61 Å². The highest BCUT2D eigenvalue weighted by Gasteiger charge is 2.21. The van der Waals surface area contributed by atoms with Crippen LogP contribution in [0.3, 0.4) is 0 Å². The van der Waals surface area contributed by atoms with Crippen LogP contribution >= 0.6 is 22.7 Å². The third kappa shape index (κ3) is 4.25. The normalized spacial score (nSPS) is 10.8. The lowest BCUT2D eigenvalue weighted by Crippen LogP contribution is -2.16. The quantitative estimate of drug-likeness (QED) is 0.425. The molecule has 0 atom stereocenters. The third-order valence-electron chi connectivity index (χ3n) is 4.34. The summed E-state index contributed by atoms with van der Waals surface area (Å²) in [5, 5.41) is 0.568. The van der Waals surface area contributed by atoms with Crippen molar-refractivity contribution in [1.29, 1.82) is 0 Å². The predicted molar refractivity (Wildman–Crippen MR) is 114 cm³/mol. The molecule has 0 aliphatic heterocycles. The highest BCUT2D eigenvalue weighted by Crippen LogP contribution is 2.39. The molecular formula is C21H15F2N3O3S2. The molecule has 0 spiro atoms. The number of methoxy groups -OCH3 is 1. The molecular weight excluding hydrogens is 444 g/mol. The monoisotopic (exact) mass is 459 g/mol. The second kappa shape index (κ2) is 8.78. The number of nitrogens with zero attached hydrogens (tertiary/aromatic N) is 2. The molecule has 6 nitrogen and oxygen atoms in total. The van der Waals surface area contributed by atoms with Crippen molar-refractivity contribution in [3.8, 4) is 32.5 Å². The molecule has 158 valence electrons. The van der Waals surface area contributed by atoms with Gasteiger partial charge in [0.25, 0.3) is 5.91 Å². The van der Waals surface area contributed by atoms with E-state index in [0.717, 1.165) is 38.9 Å². The van der Waals surface area contributed by atoms with E-state index in [1.54, 1.807) is 18.8 Å². The molecule has 0 saturated carbocycles. The average Bonchev–Trinajstić information content (AvgIpc) is 3.43. The number of nitrogens with two attached hydrogens (primary N) is 1. The zero-order chi connectivity index (χ0) is 22.0. The van der Waals surface area contributed by atoms with Crippen LogP contribution in [-0.4, -0.2) is 23.0 Å². The Hall–Kier alpha value is -3.37. The summed E-state index contributed by atoms with van der Waals surface area (Å²) < 4.78 is 38.8. The van der Waals surface area contributed by atoms with Crippen LogP contribution in [0.2, 0.25) is 0 Å². The number of hydrogen-bond acceptors (Lipinski definition) is 7. The number of hydrogen-bond donors (Lipinski definition) is 1. The topological polar surface area (TPSA) is 87.3 Å². The molecule has 2 heterocycles. The van der Waals surface area contributed by atoms with Crippen LogP contribution < -0.4 is 15.2 Å². The maximum Gasteiger partial charge on any atom is 0.254 e. The van der Waals surface area contributed by atoms with Crippen LogP contribution in [-0.2, 0) is 6.61 Å². The number of benzene rings is 2. The number of thiazole rings is 2. The average molecular weight is 459 g/mol. The highest BCUT2D eigenvalue weighted by molar-refractivity contribution is 7.21. The summed E-state index contributed by atoms with van der Waals surface area (Å²) in [6, 6.07) is 9.50. The van der Waals surface area contributed by atoms with Gasteiger partial charge in [0.15, 0.2) is 11.6 Å². The van der Waals surface area contributed by atoms with E-state index in [2.05, 4.69) is 9.97 Å². The molecule has 0 aliphatic rings. The molecule has 0 bridgehead atoms. The van der Waals surface area contributed by atoms with Gasteiger partial charge in [-0.2, -0.15) is 0 Å². The second-order valence-corrected chi connectivity index (χ2v) is 8.24. The molecule has 0 aliphatic carbocycles. The van der Waals surface area contributed by atoms with Crippen LogP contribution in [0.1, 0.15) is 15.4 Å². The van der Waals surface area contributed by atoms with Crippen molar-refractivity contribution >= 4 is 28.6 Å². The number of carbonyl (C=O) groups excluding carboxylic acids is 1. The molecule has 2 N–H and O–H groups in total. The smallest absolute Gasteiger partial charge is 0.254 e. The molecule has 4 aromatic rings. The summed E-state index contributed by atoms with van der Waals surface area (Å²) in [4.78, 5) is 21.9. The summed E-state index contributed by atoms with van der Waals surface area (Å²) in [6.45, 7) is -0.0760. The SMILES string of the molecule is COc1ccc(-c2nc(COc3ccc(F)c(C(N)=O)c3F)sc2-c2cncs2)cc1. The molecule has 10 heteroatoms. The Morgan fingerprint density at radius 2 is 1.94 bits per heavy atom. The second-order valence-electron chi connectivity index (χ2n) is 6.27. The first-order chi connectivity index (χ1) is 15.0. The fraction of sp³-hybridized carbons (Fsp3) is 0.0952. The number of ether oxygens (including phenoxy) is 2. The van der Waals surface area contributed by atoms with Gasteiger partial charge in [-0.05, 0) is 36.4 Å². The van der Waals surface area contributed by atoms with Gasteiger partial charge in [-0.15, -0.1) is 22.7 Å².